The van der Waals surface area contributed by atoms with E-state index in [0.29, 0.717) is 0 Å². The summed E-state index contributed by atoms with van der Waals surface area (Å²) in [5.74, 6) is 2.15. The van der Waals surface area contributed by atoms with Crippen molar-refractivity contribution in [2.75, 3.05) is 18.0 Å². The van der Waals surface area contributed by atoms with E-state index in [4.69, 9.17) is 5.73 Å². The molecule has 2 aromatic rings. The number of fused-ring (bicyclic) bond motifs is 3. The summed E-state index contributed by atoms with van der Waals surface area (Å²) >= 11 is 0. The van der Waals surface area contributed by atoms with Crippen molar-refractivity contribution in [2.24, 2.45) is 5.73 Å². The van der Waals surface area contributed by atoms with Crippen molar-refractivity contribution in [3.05, 3.63) is 29.3 Å². The molecule has 2 bridgehead atoms. The quantitative estimate of drug-likeness (QED) is 0.866. The molecule has 0 spiro atoms. The van der Waals surface area contributed by atoms with E-state index in [1.807, 2.05) is 0 Å². The summed E-state index contributed by atoms with van der Waals surface area (Å²) in [4.78, 5) is 6.21. The lowest BCUT2D eigenvalue weighted by atomic mass is 9.84. The second-order valence-electron chi connectivity index (χ2n) is 6.17. The zero-order chi connectivity index (χ0) is 13.0. The number of hydrogen-bond donors (Lipinski definition) is 2. The number of nitrogens with one attached hydrogen (secondary N) is 1. The minimum absolute atomic E-state index is 0.211. The van der Waals surface area contributed by atoms with Crippen molar-refractivity contribution in [1.82, 2.24) is 4.98 Å². The second-order valence-corrected chi connectivity index (χ2v) is 6.17. The Morgan fingerprint density at radius 2 is 2.16 bits per heavy atom. The molecule has 5 rings (SSSR count). The third-order valence-corrected chi connectivity index (χ3v) is 4.70. The molecule has 1 fully saturated rings. The van der Waals surface area contributed by atoms with Crippen molar-refractivity contribution in [1.29, 1.82) is 0 Å². The van der Waals surface area contributed by atoms with Crippen LogP contribution in [0.25, 0.3) is 10.9 Å². The number of nitrogens with zero attached hydrogens (tertiary/aromatic N) is 1. The Balaban J connectivity index is 1.93. The fourth-order valence-electron chi connectivity index (χ4n) is 3.86. The van der Waals surface area contributed by atoms with E-state index in [9.17, 15) is 0 Å². The fourth-order valence-corrected chi connectivity index (χ4v) is 3.86. The normalized spacial score (nSPS) is 20.0. The SMILES string of the molecule is CC(N)Cc1cccc2c3c([nH]c12)N1CCC3CC1. The molecule has 1 unspecified atom stereocenters. The monoisotopic (exact) mass is 255 g/mol. The van der Waals surface area contributed by atoms with Gasteiger partial charge in [0.15, 0.2) is 0 Å². The summed E-state index contributed by atoms with van der Waals surface area (Å²) in [6, 6.07) is 6.89. The lowest BCUT2D eigenvalue weighted by Crippen LogP contribution is -2.38. The number of H-pyrrole nitrogens is 1. The molecule has 0 saturated carbocycles. The van der Waals surface area contributed by atoms with Crippen LogP contribution in [0.15, 0.2) is 18.2 Å². The van der Waals surface area contributed by atoms with Crippen LogP contribution in [-0.4, -0.2) is 24.1 Å². The molecule has 1 atom stereocenters. The van der Waals surface area contributed by atoms with Crippen molar-refractivity contribution in [3.63, 3.8) is 0 Å². The van der Waals surface area contributed by atoms with Crippen LogP contribution in [0.2, 0.25) is 0 Å². The first-order valence-electron chi connectivity index (χ1n) is 7.38. The van der Waals surface area contributed by atoms with Crippen LogP contribution in [-0.2, 0) is 6.42 Å². The summed E-state index contributed by atoms with van der Waals surface area (Å²) in [6.07, 6.45) is 3.58. The van der Waals surface area contributed by atoms with Gasteiger partial charge in [0.1, 0.15) is 5.82 Å². The first-order chi connectivity index (χ1) is 9.24. The van der Waals surface area contributed by atoms with Crippen LogP contribution in [0.4, 0.5) is 5.82 Å². The molecule has 1 saturated heterocycles. The molecule has 3 nitrogen and oxygen atoms in total. The molecule has 3 N–H and O–H groups in total. The summed E-state index contributed by atoms with van der Waals surface area (Å²) in [5, 5.41) is 1.43. The van der Waals surface area contributed by atoms with Gasteiger partial charge in [-0.3, -0.25) is 0 Å². The zero-order valence-corrected chi connectivity index (χ0v) is 11.4. The molecule has 3 aliphatic heterocycles. The van der Waals surface area contributed by atoms with Gasteiger partial charge in [-0.15, -0.1) is 0 Å². The van der Waals surface area contributed by atoms with Gasteiger partial charge in [-0.2, -0.15) is 0 Å². The molecule has 4 heterocycles. The summed E-state index contributed by atoms with van der Waals surface area (Å²) in [5.41, 5.74) is 10.2. The number of aromatic amines is 1. The molecular weight excluding hydrogens is 234 g/mol. The third kappa shape index (κ3) is 1.61. The number of piperidine rings is 1. The number of aromatic nitrogens is 1. The van der Waals surface area contributed by atoms with E-state index in [1.54, 1.807) is 5.56 Å². The Kier molecular flexibility index (Phi) is 2.39. The van der Waals surface area contributed by atoms with Crippen LogP contribution in [0.3, 0.4) is 0 Å². The highest BCUT2D eigenvalue weighted by atomic mass is 15.2. The Morgan fingerprint density at radius 3 is 2.89 bits per heavy atom. The number of hydrogen-bond acceptors (Lipinski definition) is 2. The fraction of sp³-hybridized carbons (Fsp3) is 0.500. The van der Waals surface area contributed by atoms with Gasteiger partial charge in [0.05, 0.1) is 5.52 Å². The predicted molar refractivity (Wildman–Crippen MR) is 79.8 cm³/mol. The molecule has 19 heavy (non-hydrogen) atoms. The molecule has 0 aliphatic carbocycles. The van der Waals surface area contributed by atoms with Crippen molar-refractivity contribution in [3.8, 4) is 0 Å². The van der Waals surface area contributed by atoms with Crippen LogP contribution in [0, 0.1) is 0 Å². The first kappa shape index (κ1) is 11.4. The van der Waals surface area contributed by atoms with Crippen LogP contribution in [0.5, 0.6) is 0 Å². The lowest BCUT2D eigenvalue weighted by Gasteiger charge is -2.40. The van der Waals surface area contributed by atoms with Gasteiger partial charge in [-0.25, -0.2) is 0 Å². The van der Waals surface area contributed by atoms with Gasteiger partial charge in [0, 0.05) is 30.1 Å². The Morgan fingerprint density at radius 1 is 1.37 bits per heavy atom. The second kappa shape index (κ2) is 4.01. The molecule has 1 aromatic heterocycles. The molecule has 0 radical (unpaired) electrons. The number of anilines is 1. The average Bonchev–Trinajstić information content (AvgIpc) is 2.82. The smallest absolute Gasteiger partial charge is 0.110 e. The Bertz CT molecular complexity index is 618. The van der Waals surface area contributed by atoms with E-state index >= 15 is 0 Å². The number of para-hydroxylation sites is 1. The Hall–Kier alpha value is -1.48. The maximum absolute atomic E-state index is 5.98. The summed E-state index contributed by atoms with van der Waals surface area (Å²) in [7, 11) is 0. The van der Waals surface area contributed by atoms with E-state index in [0.717, 1.165) is 12.3 Å². The minimum atomic E-state index is 0.211. The Labute approximate surface area is 113 Å². The van der Waals surface area contributed by atoms with Crippen LogP contribution in [0.1, 0.15) is 36.8 Å². The molecule has 0 amide bonds. The van der Waals surface area contributed by atoms with Gasteiger partial charge in [-0.05, 0) is 37.7 Å². The van der Waals surface area contributed by atoms with Gasteiger partial charge in [-0.1, -0.05) is 18.2 Å². The average molecular weight is 255 g/mol. The summed E-state index contributed by atoms with van der Waals surface area (Å²) < 4.78 is 0. The molecule has 3 heteroatoms. The number of benzene rings is 1. The highest BCUT2D eigenvalue weighted by Crippen LogP contribution is 2.46. The molecule has 1 aromatic carbocycles. The van der Waals surface area contributed by atoms with E-state index in [2.05, 4.69) is 35.0 Å². The van der Waals surface area contributed by atoms with Gasteiger partial charge < -0.3 is 15.6 Å². The highest BCUT2D eigenvalue weighted by Gasteiger charge is 2.34. The topological polar surface area (TPSA) is 45.1 Å². The van der Waals surface area contributed by atoms with E-state index < -0.39 is 0 Å². The van der Waals surface area contributed by atoms with Crippen LogP contribution < -0.4 is 10.6 Å². The standard InChI is InChI=1S/C16H21N3/c1-10(17)9-12-3-2-4-13-14-11-5-7-19(8-6-11)16(14)18-15(12)13/h2-4,10-11,18H,5-9,17H2,1H3. The summed E-state index contributed by atoms with van der Waals surface area (Å²) in [6.45, 7) is 4.51. The maximum Gasteiger partial charge on any atom is 0.110 e. The van der Waals surface area contributed by atoms with Crippen molar-refractivity contribution < 1.29 is 0 Å². The largest absolute Gasteiger partial charge is 0.358 e. The lowest BCUT2D eigenvalue weighted by molar-refractivity contribution is 0.475. The molecular formula is C16H21N3. The van der Waals surface area contributed by atoms with Crippen molar-refractivity contribution >= 4 is 16.7 Å². The van der Waals surface area contributed by atoms with E-state index in [1.165, 1.54) is 48.2 Å². The first-order valence-corrected chi connectivity index (χ1v) is 7.38. The number of rotatable bonds is 2. The van der Waals surface area contributed by atoms with Gasteiger partial charge >= 0.3 is 0 Å². The highest BCUT2D eigenvalue weighted by molar-refractivity contribution is 5.92. The molecule has 100 valence electrons. The number of nitrogens with two attached hydrogens (primary N) is 1. The maximum atomic E-state index is 5.98. The molecule has 3 aliphatic rings. The predicted octanol–water partition coefficient (Wildman–Crippen LogP) is 2.76. The zero-order valence-electron chi connectivity index (χ0n) is 11.4. The van der Waals surface area contributed by atoms with Crippen molar-refractivity contribution in [2.45, 2.75) is 38.1 Å². The third-order valence-electron chi connectivity index (χ3n) is 4.70. The van der Waals surface area contributed by atoms with Gasteiger partial charge in [0.25, 0.3) is 0 Å². The van der Waals surface area contributed by atoms with E-state index in [-0.39, 0.29) is 6.04 Å². The van der Waals surface area contributed by atoms with Crippen LogP contribution >= 0.6 is 0 Å². The minimum Gasteiger partial charge on any atom is -0.358 e. The van der Waals surface area contributed by atoms with Gasteiger partial charge in [0.2, 0.25) is 0 Å².